The number of methoxy groups -OCH3 is 1. The zero-order valence-corrected chi connectivity index (χ0v) is 9.37. The van der Waals surface area contributed by atoms with Crippen molar-refractivity contribution in [2.24, 2.45) is 0 Å². The van der Waals surface area contributed by atoms with E-state index >= 15 is 0 Å². The summed E-state index contributed by atoms with van der Waals surface area (Å²) in [5.74, 6) is -23.5. The second kappa shape index (κ2) is 4.29. The third-order valence-electron chi connectivity index (χ3n) is 2.70. The third kappa shape index (κ3) is 1.71. The molecule has 1 rings (SSSR count). The van der Waals surface area contributed by atoms with E-state index in [1.165, 1.54) is 0 Å². The van der Waals surface area contributed by atoms with E-state index in [2.05, 4.69) is 4.74 Å². The van der Waals surface area contributed by atoms with Gasteiger partial charge in [-0.15, -0.1) is 0 Å². The van der Waals surface area contributed by atoms with Crippen LogP contribution in [0.4, 0.5) is 39.5 Å². The van der Waals surface area contributed by atoms with Crippen LogP contribution in [0, 0.1) is 0 Å². The van der Waals surface area contributed by atoms with Crippen LogP contribution in [-0.4, -0.2) is 42.7 Å². The highest BCUT2D eigenvalue weighted by Crippen LogP contribution is 2.64. The lowest BCUT2D eigenvalue weighted by Gasteiger charge is -2.26. The Hall–Kier alpha value is -1.42. The topological polar surface area (TPSA) is 26.3 Å². The summed E-state index contributed by atoms with van der Waals surface area (Å²) in [6, 6.07) is 0. The molecule has 0 heterocycles. The Labute approximate surface area is 105 Å². The predicted octanol–water partition coefficient (Wildman–Crippen LogP) is 2.98. The normalized spacial score (nSPS) is 34.9. The number of esters is 1. The summed E-state index contributed by atoms with van der Waals surface area (Å²) in [7, 11) is 0.504. The summed E-state index contributed by atoms with van der Waals surface area (Å²) in [6.45, 7) is 0. The van der Waals surface area contributed by atoms with E-state index in [1.54, 1.807) is 0 Å². The van der Waals surface area contributed by atoms with Crippen LogP contribution in [-0.2, 0) is 9.53 Å². The molecule has 0 aromatic carbocycles. The van der Waals surface area contributed by atoms with Crippen molar-refractivity contribution < 1.29 is 49.0 Å². The quantitative estimate of drug-likeness (QED) is 0.445. The molecular formula is C9H5F9O2. The van der Waals surface area contributed by atoms with Gasteiger partial charge < -0.3 is 4.74 Å². The SMILES string of the molecule is COC(=O)C(F)=CC1(F)C(F)C(F)(F)C(F)(F)C1(F)F. The average molecular weight is 316 g/mol. The molecule has 0 spiro atoms. The molecule has 2 unspecified atom stereocenters. The number of alkyl halides is 8. The van der Waals surface area contributed by atoms with Crippen LogP contribution in [0.2, 0.25) is 0 Å². The molecule has 11 heteroatoms. The van der Waals surface area contributed by atoms with Gasteiger partial charge in [0, 0.05) is 6.08 Å². The molecule has 0 saturated heterocycles. The summed E-state index contributed by atoms with van der Waals surface area (Å²) >= 11 is 0. The van der Waals surface area contributed by atoms with E-state index in [0.717, 1.165) is 0 Å². The van der Waals surface area contributed by atoms with Crippen molar-refractivity contribution in [1.82, 2.24) is 0 Å². The molecule has 2 nitrogen and oxygen atoms in total. The van der Waals surface area contributed by atoms with Gasteiger partial charge in [-0.2, -0.15) is 30.7 Å². The number of hydrogen-bond acceptors (Lipinski definition) is 2. The maximum atomic E-state index is 13.6. The van der Waals surface area contributed by atoms with E-state index in [4.69, 9.17) is 0 Å². The minimum atomic E-state index is -6.42. The van der Waals surface area contributed by atoms with Gasteiger partial charge in [0.25, 0.3) is 0 Å². The highest BCUT2D eigenvalue weighted by atomic mass is 19.4. The molecule has 116 valence electrons. The molecule has 0 aromatic heterocycles. The van der Waals surface area contributed by atoms with Crippen LogP contribution >= 0.6 is 0 Å². The number of allylic oxidation sites excluding steroid dienone is 1. The Morgan fingerprint density at radius 1 is 1.05 bits per heavy atom. The predicted molar refractivity (Wildman–Crippen MR) is 44.8 cm³/mol. The second-order valence-corrected chi connectivity index (χ2v) is 3.89. The maximum Gasteiger partial charge on any atom is 0.378 e. The van der Waals surface area contributed by atoms with Gasteiger partial charge in [-0.3, -0.25) is 0 Å². The van der Waals surface area contributed by atoms with Crippen molar-refractivity contribution in [3.63, 3.8) is 0 Å². The largest absolute Gasteiger partial charge is 0.464 e. The lowest BCUT2D eigenvalue weighted by Crippen LogP contribution is -2.52. The van der Waals surface area contributed by atoms with Crippen molar-refractivity contribution in [3.05, 3.63) is 11.9 Å². The molecule has 1 aliphatic rings. The maximum absolute atomic E-state index is 13.6. The van der Waals surface area contributed by atoms with Crippen molar-refractivity contribution in [2.75, 3.05) is 7.11 Å². The minimum absolute atomic E-state index is 0.504. The molecule has 1 saturated carbocycles. The van der Waals surface area contributed by atoms with Crippen LogP contribution < -0.4 is 0 Å². The standard InChI is InChI=1S/C9H5F9O2/c1-20-4(19)3(10)2-6(12)5(11)7(13,14)9(17,18)8(6,15)16/h2,5H,1H3. The summed E-state index contributed by atoms with van der Waals surface area (Å²) in [6.07, 6.45) is -6.03. The molecule has 0 radical (unpaired) electrons. The van der Waals surface area contributed by atoms with Gasteiger partial charge in [0.2, 0.25) is 17.7 Å². The Bertz CT molecular complexity index is 458. The van der Waals surface area contributed by atoms with E-state index in [9.17, 15) is 44.3 Å². The van der Waals surface area contributed by atoms with Crippen LogP contribution in [0.3, 0.4) is 0 Å². The van der Waals surface area contributed by atoms with Gasteiger partial charge in [0.05, 0.1) is 7.11 Å². The Kier molecular flexibility index (Phi) is 3.56. The molecule has 1 aliphatic carbocycles. The average Bonchev–Trinajstić information content (AvgIpc) is 2.40. The number of halogens is 9. The van der Waals surface area contributed by atoms with Gasteiger partial charge >= 0.3 is 23.7 Å². The van der Waals surface area contributed by atoms with E-state index in [-0.39, 0.29) is 0 Å². The van der Waals surface area contributed by atoms with Gasteiger partial charge in [0.1, 0.15) is 0 Å². The van der Waals surface area contributed by atoms with Crippen LogP contribution in [0.25, 0.3) is 0 Å². The highest BCUT2D eigenvalue weighted by Gasteiger charge is 2.92. The molecular weight excluding hydrogens is 311 g/mol. The number of carbonyl (C=O) groups excluding carboxylic acids is 1. The fraction of sp³-hybridized carbons (Fsp3) is 0.667. The molecule has 0 N–H and O–H groups in total. The highest BCUT2D eigenvalue weighted by molar-refractivity contribution is 5.86. The first-order valence-corrected chi connectivity index (χ1v) is 4.70. The smallest absolute Gasteiger partial charge is 0.378 e. The first-order chi connectivity index (χ1) is 8.77. The minimum Gasteiger partial charge on any atom is -0.464 e. The van der Waals surface area contributed by atoms with E-state index < -0.39 is 47.5 Å². The van der Waals surface area contributed by atoms with Crippen LogP contribution in [0.15, 0.2) is 11.9 Å². The summed E-state index contributed by atoms with van der Waals surface area (Å²) in [4.78, 5) is 10.5. The van der Waals surface area contributed by atoms with Crippen LogP contribution in [0.1, 0.15) is 0 Å². The van der Waals surface area contributed by atoms with Gasteiger partial charge in [-0.05, 0) is 0 Å². The molecule has 1 fully saturated rings. The Balaban J connectivity index is 3.47. The lowest BCUT2D eigenvalue weighted by atomic mass is 9.98. The summed E-state index contributed by atoms with van der Waals surface area (Å²) < 4.78 is 120. The Morgan fingerprint density at radius 2 is 1.50 bits per heavy atom. The van der Waals surface area contributed by atoms with E-state index in [0.29, 0.717) is 7.11 Å². The fourth-order valence-corrected chi connectivity index (χ4v) is 1.54. The molecule has 2 atom stereocenters. The van der Waals surface area contributed by atoms with E-state index in [1.807, 2.05) is 0 Å². The number of ether oxygens (including phenoxy) is 1. The first kappa shape index (κ1) is 16.6. The van der Waals surface area contributed by atoms with Crippen molar-refractivity contribution in [1.29, 1.82) is 0 Å². The molecule has 0 amide bonds. The molecule has 0 aliphatic heterocycles. The third-order valence-corrected chi connectivity index (χ3v) is 2.70. The fourth-order valence-electron chi connectivity index (χ4n) is 1.54. The monoisotopic (exact) mass is 316 g/mol. The van der Waals surface area contributed by atoms with Crippen molar-refractivity contribution in [2.45, 2.75) is 29.6 Å². The number of carbonyl (C=O) groups is 1. The zero-order valence-electron chi connectivity index (χ0n) is 9.37. The van der Waals surface area contributed by atoms with Gasteiger partial charge in [-0.25, -0.2) is 13.6 Å². The number of rotatable bonds is 2. The summed E-state index contributed by atoms with van der Waals surface area (Å²) in [5.41, 5.74) is -5.42. The lowest BCUT2D eigenvalue weighted by molar-refractivity contribution is -0.285. The first-order valence-electron chi connectivity index (χ1n) is 4.70. The van der Waals surface area contributed by atoms with Crippen LogP contribution in [0.5, 0.6) is 0 Å². The van der Waals surface area contributed by atoms with Gasteiger partial charge in [0.15, 0.2) is 0 Å². The molecule has 0 aromatic rings. The Morgan fingerprint density at radius 3 is 1.80 bits per heavy atom. The van der Waals surface area contributed by atoms with Crippen molar-refractivity contribution in [3.8, 4) is 0 Å². The molecule has 20 heavy (non-hydrogen) atoms. The molecule has 0 bridgehead atoms. The summed E-state index contributed by atoms with van der Waals surface area (Å²) in [5, 5.41) is 0. The second-order valence-electron chi connectivity index (χ2n) is 3.89. The zero-order chi connectivity index (χ0) is 16.1. The van der Waals surface area contributed by atoms with Gasteiger partial charge in [-0.1, -0.05) is 0 Å². The number of hydrogen-bond donors (Lipinski definition) is 0. The van der Waals surface area contributed by atoms with Crippen molar-refractivity contribution >= 4 is 5.97 Å².